The topological polar surface area (TPSA) is 9.23 Å². The fourth-order valence-corrected chi connectivity index (χ4v) is 1.74. The molecular formula is C16H15FO. The molecule has 0 atom stereocenters. The maximum Gasteiger partial charge on any atom is 0.126 e. The number of methoxy groups -OCH3 is 1. The SMILES string of the molecule is COc1ccc(C)cc1/C=C/c1ccc(F)cc1. The van der Waals surface area contributed by atoms with Gasteiger partial charge in [-0.1, -0.05) is 35.9 Å². The van der Waals surface area contributed by atoms with E-state index in [1.54, 1.807) is 19.2 Å². The summed E-state index contributed by atoms with van der Waals surface area (Å²) >= 11 is 0. The van der Waals surface area contributed by atoms with Gasteiger partial charge in [-0.3, -0.25) is 0 Å². The number of rotatable bonds is 3. The van der Waals surface area contributed by atoms with Gasteiger partial charge in [-0.2, -0.15) is 0 Å². The molecule has 0 aromatic heterocycles. The first-order valence-electron chi connectivity index (χ1n) is 5.77. The van der Waals surface area contributed by atoms with E-state index in [1.807, 2.05) is 31.2 Å². The van der Waals surface area contributed by atoms with E-state index < -0.39 is 0 Å². The van der Waals surface area contributed by atoms with Crippen molar-refractivity contribution in [2.75, 3.05) is 7.11 Å². The van der Waals surface area contributed by atoms with Gasteiger partial charge in [-0.05, 0) is 36.8 Å². The Kier molecular flexibility index (Phi) is 3.78. The lowest BCUT2D eigenvalue weighted by Crippen LogP contribution is -1.87. The second-order valence-electron chi connectivity index (χ2n) is 4.13. The summed E-state index contributed by atoms with van der Waals surface area (Å²) in [7, 11) is 1.65. The molecule has 0 heterocycles. The first-order valence-corrected chi connectivity index (χ1v) is 5.77. The molecule has 1 nitrogen and oxygen atoms in total. The molecule has 0 fully saturated rings. The van der Waals surface area contributed by atoms with Crippen LogP contribution in [-0.4, -0.2) is 7.11 Å². The van der Waals surface area contributed by atoms with E-state index >= 15 is 0 Å². The third-order valence-corrected chi connectivity index (χ3v) is 2.71. The molecule has 0 bridgehead atoms. The highest BCUT2D eigenvalue weighted by atomic mass is 19.1. The van der Waals surface area contributed by atoms with E-state index in [2.05, 4.69) is 6.07 Å². The zero-order chi connectivity index (χ0) is 13.0. The number of halogens is 1. The van der Waals surface area contributed by atoms with Crippen LogP contribution in [0, 0.1) is 12.7 Å². The minimum Gasteiger partial charge on any atom is -0.496 e. The van der Waals surface area contributed by atoms with Gasteiger partial charge in [0.25, 0.3) is 0 Å². The van der Waals surface area contributed by atoms with Crippen molar-refractivity contribution in [2.45, 2.75) is 6.92 Å². The van der Waals surface area contributed by atoms with Crippen molar-refractivity contribution >= 4 is 12.2 Å². The summed E-state index contributed by atoms with van der Waals surface area (Å²) in [5, 5.41) is 0. The van der Waals surface area contributed by atoms with Crippen LogP contribution >= 0.6 is 0 Å². The van der Waals surface area contributed by atoms with Gasteiger partial charge in [0, 0.05) is 5.56 Å². The van der Waals surface area contributed by atoms with Crippen molar-refractivity contribution in [3.05, 3.63) is 65.0 Å². The van der Waals surface area contributed by atoms with Crippen LogP contribution in [0.4, 0.5) is 4.39 Å². The minimum atomic E-state index is -0.222. The summed E-state index contributed by atoms with van der Waals surface area (Å²) in [6, 6.07) is 12.4. The van der Waals surface area contributed by atoms with Gasteiger partial charge in [0.2, 0.25) is 0 Å². The Bertz CT molecular complexity index is 556. The predicted octanol–water partition coefficient (Wildman–Crippen LogP) is 4.31. The van der Waals surface area contributed by atoms with Crippen LogP contribution in [-0.2, 0) is 0 Å². The van der Waals surface area contributed by atoms with E-state index in [1.165, 1.54) is 17.7 Å². The first kappa shape index (κ1) is 12.4. The van der Waals surface area contributed by atoms with E-state index in [0.29, 0.717) is 0 Å². The first-order chi connectivity index (χ1) is 8.69. The third kappa shape index (κ3) is 2.98. The maximum absolute atomic E-state index is 12.8. The average molecular weight is 242 g/mol. The number of hydrogen-bond donors (Lipinski definition) is 0. The highest BCUT2D eigenvalue weighted by Crippen LogP contribution is 2.22. The van der Waals surface area contributed by atoms with Crippen LogP contribution in [0.15, 0.2) is 42.5 Å². The number of ether oxygens (including phenoxy) is 1. The summed E-state index contributed by atoms with van der Waals surface area (Å²) in [6.07, 6.45) is 3.91. The summed E-state index contributed by atoms with van der Waals surface area (Å²) in [5.74, 6) is 0.610. The van der Waals surface area contributed by atoms with E-state index in [0.717, 1.165) is 16.9 Å². The Morgan fingerprint density at radius 1 is 1.00 bits per heavy atom. The lowest BCUT2D eigenvalue weighted by molar-refractivity contribution is 0.414. The summed E-state index contributed by atoms with van der Waals surface area (Å²) in [5.41, 5.74) is 3.15. The quantitative estimate of drug-likeness (QED) is 0.728. The van der Waals surface area contributed by atoms with Crippen LogP contribution in [0.25, 0.3) is 12.2 Å². The van der Waals surface area contributed by atoms with Gasteiger partial charge in [0.15, 0.2) is 0 Å². The number of aryl methyl sites for hydroxylation is 1. The average Bonchev–Trinajstić information content (AvgIpc) is 2.38. The molecule has 0 amide bonds. The van der Waals surface area contributed by atoms with Gasteiger partial charge in [-0.25, -0.2) is 4.39 Å². The summed E-state index contributed by atoms with van der Waals surface area (Å²) in [4.78, 5) is 0. The van der Waals surface area contributed by atoms with Gasteiger partial charge >= 0.3 is 0 Å². The molecule has 2 rings (SSSR count). The maximum atomic E-state index is 12.8. The standard InChI is InChI=1S/C16H15FO/c1-12-3-10-16(18-2)14(11-12)7-4-13-5-8-15(17)9-6-13/h3-11H,1-2H3/b7-4+. The molecule has 92 valence electrons. The van der Waals surface area contributed by atoms with Crippen LogP contribution in [0.1, 0.15) is 16.7 Å². The molecule has 0 aliphatic carbocycles. The summed E-state index contributed by atoms with van der Waals surface area (Å²) < 4.78 is 18.1. The molecule has 0 saturated carbocycles. The van der Waals surface area contributed by atoms with Crippen molar-refractivity contribution in [1.29, 1.82) is 0 Å². The monoisotopic (exact) mass is 242 g/mol. The highest BCUT2D eigenvalue weighted by Gasteiger charge is 1.99. The highest BCUT2D eigenvalue weighted by molar-refractivity contribution is 5.72. The van der Waals surface area contributed by atoms with E-state index in [4.69, 9.17) is 4.74 Å². The van der Waals surface area contributed by atoms with Crippen LogP contribution in [0.5, 0.6) is 5.75 Å². The van der Waals surface area contributed by atoms with Gasteiger partial charge < -0.3 is 4.74 Å². The molecule has 2 aromatic rings. The molecule has 0 unspecified atom stereocenters. The Labute approximate surface area is 107 Å². The second kappa shape index (κ2) is 5.50. The Morgan fingerprint density at radius 3 is 2.39 bits per heavy atom. The van der Waals surface area contributed by atoms with E-state index in [9.17, 15) is 4.39 Å². The molecular weight excluding hydrogens is 227 g/mol. The molecule has 2 heteroatoms. The molecule has 2 aromatic carbocycles. The summed E-state index contributed by atoms with van der Waals surface area (Å²) in [6.45, 7) is 2.04. The van der Waals surface area contributed by atoms with Crippen molar-refractivity contribution in [1.82, 2.24) is 0 Å². The molecule has 0 aliphatic heterocycles. The van der Waals surface area contributed by atoms with Gasteiger partial charge in [0.1, 0.15) is 11.6 Å². The second-order valence-corrected chi connectivity index (χ2v) is 4.13. The van der Waals surface area contributed by atoms with Crippen molar-refractivity contribution < 1.29 is 9.13 Å². The fraction of sp³-hybridized carbons (Fsp3) is 0.125. The molecule has 0 N–H and O–H groups in total. The van der Waals surface area contributed by atoms with Gasteiger partial charge in [-0.15, -0.1) is 0 Å². The smallest absolute Gasteiger partial charge is 0.126 e. The lowest BCUT2D eigenvalue weighted by atomic mass is 10.1. The third-order valence-electron chi connectivity index (χ3n) is 2.71. The predicted molar refractivity (Wildman–Crippen MR) is 73.1 cm³/mol. The fourth-order valence-electron chi connectivity index (χ4n) is 1.74. The largest absolute Gasteiger partial charge is 0.496 e. The van der Waals surface area contributed by atoms with Crippen LogP contribution < -0.4 is 4.74 Å². The molecule has 18 heavy (non-hydrogen) atoms. The zero-order valence-electron chi connectivity index (χ0n) is 10.5. The molecule has 0 radical (unpaired) electrons. The normalized spacial score (nSPS) is 10.8. The van der Waals surface area contributed by atoms with Crippen molar-refractivity contribution in [3.63, 3.8) is 0 Å². The molecule has 0 saturated heterocycles. The van der Waals surface area contributed by atoms with Crippen molar-refractivity contribution in [2.24, 2.45) is 0 Å². The molecule has 0 spiro atoms. The Hall–Kier alpha value is -2.09. The van der Waals surface area contributed by atoms with E-state index in [-0.39, 0.29) is 5.82 Å². The van der Waals surface area contributed by atoms with Crippen LogP contribution in [0.3, 0.4) is 0 Å². The Morgan fingerprint density at radius 2 is 1.72 bits per heavy atom. The molecule has 0 aliphatic rings. The van der Waals surface area contributed by atoms with Crippen LogP contribution in [0.2, 0.25) is 0 Å². The lowest BCUT2D eigenvalue weighted by Gasteiger charge is -2.05. The van der Waals surface area contributed by atoms with Gasteiger partial charge in [0.05, 0.1) is 7.11 Å². The Balaban J connectivity index is 2.27. The number of hydrogen-bond acceptors (Lipinski definition) is 1. The zero-order valence-corrected chi connectivity index (χ0v) is 10.5. The minimum absolute atomic E-state index is 0.222. The number of benzene rings is 2. The van der Waals surface area contributed by atoms with Crippen molar-refractivity contribution in [3.8, 4) is 5.75 Å².